The van der Waals surface area contributed by atoms with E-state index in [1.54, 1.807) is 18.9 Å². The number of aromatic nitrogens is 2. The van der Waals surface area contributed by atoms with Crippen molar-refractivity contribution in [2.24, 2.45) is 0 Å². The van der Waals surface area contributed by atoms with Gasteiger partial charge in [0.1, 0.15) is 17.3 Å². The van der Waals surface area contributed by atoms with Gasteiger partial charge in [0.2, 0.25) is 0 Å². The fourth-order valence-corrected chi connectivity index (χ4v) is 2.37. The van der Waals surface area contributed by atoms with E-state index in [4.69, 9.17) is 9.47 Å². The summed E-state index contributed by atoms with van der Waals surface area (Å²) < 4.78 is 12.2. The lowest BCUT2D eigenvalue weighted by Crippen LogP contribution is -2.02. The molecule has 24 heavy (non-hydrogen) atoms. The van der Waals surface area contributed by atoms with Gasteiger partial charge in [-0.15, -0.1) is 0 Å². The van der Waals surface area contributed by atoms with Gasteiger partial charge < -0.3 is 14.8 Å². The summed E-state index contributed by atoms with van der Waals surface area (Å²) in [7, 11) is 3.31. The Balaban J connectivity index is 1.71. The molecule has 3 aromatic rings. The first kappa shape index (κ1) is 15.9. The van der Waals surface area contributed by atoms with Crippen LogP contribution >= 0.6 is 0 Å². The van der Waals surface area contributed by atoms with Crippen molar-refractivity contribution in [2.75, 3.05) is 19.5 Å². The zero-order valence-corrected chi connectivity index (χ0v) is 13.8. The fourth-order valence-electron chi connectivity index (χ4n) is 2.37. The number of benzene rings is 2. The summed E-state index contributed by atoms with van der Waals surface area (Å²) >= 11 is 0. The van der Waals surface area contributed by atoms with Gasteiger partial charge in [-0.2, -0.15) is 5.10 Å². The molecule has 0 fully saturated rings. The third-order valence-electron chi connectivity index (χ3n) is 3.76. The molecule has 3 rings (SSSR count). The highest BCUT2D eigenvalue weighted by molar-refractivity contribution is 5.49. The smallest absolute Gasteiger partial charge is 0.148 e. The molecule has 1 aromatic heterocycles. The van der Waals surface area contributed by atoms with Crippen molar-refractivity contribution < 1.29 is 9.47 Å². The molecule has 0 saturated heterocycles. The summed E-state index contributed by atoms with van der Waals surface area (Å²) in [6.07, 6.45) is 1.90. The molecule has 0 aliphatic rings. The van der Waals surface area contributed by atoms with Crippen LogP contribution < -0.4 is 14.8 Å². The number of hydrogen-bond donors (Lipinski definition) is 1. The number of methoxy groups -OCH3 is 2. The second-order valence-electron chi connectivity index (χ2n) is 5.34. The van der Waals surface area contributed by atoms with Crippen LogP contribution in [0.1, 0.15) is 11.1 Å². The van der Waals surface area contributed by atoms with Crippen LogP contribution in [0.15, 0.2) is 54.7 Å². The van der Waals surface area contributed by atoms with Gasteiger partial charge in [0, 0.05) is 24.9 Å². The van der Waals surface area contributed by atoms with Gasteiger partial charge in [-0.05, 0) is 36.2 Å². The second kappa shape index (κ2) is 7.08. The summed E-state index contributed by atoms with van der Waals surface area (Å²) in [6, 6.07) is 15.6. The average Bonchev–Trinajstić information content (AvgIpc) is 3.09. The molecule has 1 radical (unpaired) electrons. The van der Waals surface area contributed by atoms with Gasteiger partial charge in [-0.1, -0.05) is 18.2 Å². The molecular formula is C19H20N3O2. The van der Waals surface area contributed by atoms with E-state index < -0.39 is 0 Å². The van der Waals surface area contributed by atoms with Gasteiger partial charge in [-0.25, -0.2) is 4.68 Å². The molecule has 2 aromatic carbocycles. The third kappa shape index (κ3) is 3.51. The molecule has 0 spiro atoms. The molecule has 5 nitrogen and oxygen atoms in total. The minimum atomic E-state index is 0.691. The van der Waals surface area contributed by atoms with Crippen LogP contribution in [0.25, 0.3) is 5.69 Å². The lowest BCUT2D eigenvalue weighted by Gasteiger charge is -2.08. The molecule has 0 bridgehead atoms. The Hall–Kier alpha value is -2.95. The first-order valence-electron chi connectivity index (χ1n) is 7.62. The first-order chi connectivity index (χ1) is 11.7. The summed E-state index contributed by atoms with van der Waals surface area (Å²) in [5, 5.41) is 7.86. The lowest BCUT2D eigenvalue weighted by molar-refractivity contribution is 0.414. The molecule has 1 heterocycles. The lowest BCUT2D eigenvalue weighted by atomic mass is 10.2. The maximum Gasteiger partial charge on any atom is 0.148 e. The predicted octanol–water partition coefficient (Wildman–Crippen LogP) is 3.68. The number of hydrogen-bond acceptors (Lipinski definition) is 4. The van der Waals surface area contributed by atoms with E-state index in [1.807, 2.05) is 54.7 Å². The Morgan fingerprint density at radius 1 is 1.00 bits per heavy atom. The quantitative estimate of drug-likeness (QED) is 0.752. The van der Waals surface area contributed by atoms with Crippen molar-refractivity contribution in [3.05, 3.63) is 72.8 Å². The number of anilines is 1. The first-order valence-corrected chi connectivity index (χ1v) is 7.62. The van der Waals surface area contributed by atoms with Gasteiger partial charge in [0.15, 0.2) is 0 Å². The Labute approximate surface area is 141 Å². The van der Waals surface area contributed by atoms with E-state index in [1.165, 1.54) is 0 Å². The van der Waals surface area contributed by atoms with Crippen molar-refractivity contribution >= 4 is 5.82 Å². The topological polar surface area (TPSA) is 48.3 Å². The summed E-state index contributed by atoms with van der Waals surface area (Å²) in [5.41, 5.74) is 2.94. The molecule has 0 aliphatic carbocycles. The van der Waals surface area contributed by atoms with Crippen LogP contribution in [0.4, 0.5) is 5.82 Å². The van der Waals surface area contributed by atoms with E-state index in [0.717, 1.165) is 34.1 Å². The van der Waals surface area contributed by atoms with Gasteiger partial charge in [-0.3, -0.25) is 0 Å². The predicted molar refractivity (Wildman–Crippen MR) is 94.9 cm³/mol. The average molecular weight is 322 g/mol. The Morgan fingerprint density at radius 3 is 2.42 bits per heavy atom. The van der Waals surface area contributed by atoms with Crippen molar-refractivity contribution in [3.63, 3.8) is 0 Å². The van der Waals surface area contributed by atoms with Crippen molar-refractivity contribution in [1.82, 2.24) is 9.78 Å². The van der Waals surface area contributed by atoms with Crippen LogP contribution in [-0.4, -0.2) is 24.0 Å². The van der Waals surface area contributed by atoms with Crippen LogP contribution in [0, 0.1) is 6.92 Å². The normalized spacial score (nSPS) is 10.5. The Kier molecular flexibility index (Phi) is 4.70. The SMILES string of the molecule is [CH2]c1ccc(OC)cc1-n1ccc(NCc2ccc(OC)cc2)n1. The molecule has 123 valence electrons. The second-order valence-corrected chi connectivity index (χ2v) is 5.34. The van der Waals surface area contributed by atoms with Gasteiger partial charge in [0.25, 0.3) is 0 Å². The van der Waals surface area contributed by atoms with Crippen LogP contribution in [-0.2, 0) is 6.54 Å². The van der Waals surface area contributed by atoms with Gasteiger partial charge in [0.05, 0.1) is 19.9 Å². The molecule has 0 atom stereocenters. The maximum absolute atomic E-state index is 5.27. The summed E-state index contributed by atoms with van der Waals surface area (Å²) in [6.45, 7) is 4.73. The highest BCUT2D eigenvalue weighted by Crippen LogP contribution is 2.21. The molecule has 0 unspecified atom stereocenters. The van der Waals surface area contributed by atoms with Crippen molar-refractivity contribution in [3.8, 4) is 17.2 Å². The van der Waals surface area contributed by atoms with Crippen LogP contribution in [0.5, 0.6) is 11.5 Å². The standard InChI is InChI=1S/C19H20N3O2/c1-14-4-7-17(24-3)12-18(14)22-11-10-19(21-22)20-13-15-5-8-16(23-2)9-6-15/h4-12H,1,13H2,2-3H3,(H,20,21). The minimum Gasteiger partial charge on any atom is -0.497 e. The zero-order valence-electron chi connectivity index (χ0n) is 13.8. The number of nitrogens with zero attached hydrogens (tertiary/aromatic N) is 2. The molecular weight excluding hydrogens is 302 g/mol. The molecule has 5 heteroatoms. The zero-order chi connectivity index (χ0) is 16.9. The molecule has 0 aliphatic heterocycles. The highest BCUT2D eigenvalue weighted by Gasteiger charge is 2.06. The minimum absolute atomic E-state index is 0.691. The van der Waals surface area contributed by atoms with Crippen molar-refractivity contribution in [1.29, 1.82) is 0 Å². The molecule has 0 saturated carbocycles. The molecule has 0 amide bonds. The summed E-state index contributed by atoms with van der Waals surface area (Å²) in [4.78, 5) is 0. The Morgan fingerprint density at radius 2 is 1.71 bits per heavy atom. The van der Waals surface area contributed by atoms with Crippen LogP contribution in [0.2, 0.25) is 0 Å². The third-order valence-corrected chi connectivity index (χ3v) is 3.76. The number of ether oxygens (including phenoxy) is 2. The largest absolute Gasteiger partial charge is 0.497 e. The number of nitrogens with one attached hydrogen (secondary N) is 1. The van der Waals surface area contributed by atoms with Crippen LogP contribution in [0.3, 0.4) is 0 Å². The van der Waals surface area contributed by atoms with E-state index in [-0.39, 0.29) is 0 Å². The summed E-state index contributed by atoms with van der Waals surface area (Å²) in [5.74, 6) is 2.43. The monoisotopic (exact) mass is 322 g/mol. The maximum atomic E-state index is 5.27. The number of rotatable bonds is 6. The highest BCUT2D eigenvalue weighted by atomic mass is 16.5. The van der Waals surface area contributed by atoms with E-state index >= 15 is 0 Å². The van der Waals surface area contributed by atoms with E-state index in [9.17, 15) is 0 Å². The van der Waals surface area contributed by atoms with Gasteiger partial charge >= 0.3 is 0 Å². The molecule has 1 N–H and O–H groups in total. The van der Waals surface area contributed by atoms with E-state index in [0.29, 0.717) is 6.54 Å². The fraction of sp³-hybridized carbons (Fsp3) is 0.158. The van der Waals surface area contributed by atoms with Crippen molar-refractivity contribution in [2.45, 2.75) is 6.54 Å². The Bertz CT molecular complexity index is 810. The van der Waals surface area contributed by atoms with E-state index in [2.05, 4.69) is 17.3 Å².